The Bertz CT molecular complexity index is 334. The van der Waals surface area contributed by atoms with Crippen LogP contribution in [0.4, 0.5) is 5.69 Å². The van der Waals surface area contributed by atoms with Crippen LogP contribution in [0.3, 0.4) is 0 Å². The lowest BCUT2D eigenvalue weighted by molar-refractivity contribution is 0.577. The Hall–Kier alpha value is -0.210. The van der Waals surface area contributed by atoms with Crippen molar-refractivity contribution in [3.63, 3.8) is 0 Å². The average molecular weight is 289 g/mol. The van der Waals surface area contributed by atoms with Crippen LogP contribution >= 0.6 is 27.5 Å². The summed E-state index contributed by atoms with van der Waals surface area (Å²) in [5.41, 5.74) is 2.54. The molecule has 1 heterocycles. The van der Waals surface area contributed by atoms with E-state index < -0.39 is 0 Å². The second-order valence-corrected chi connectivity index (χ2v) is 5.14. The largest absolute Gasteiger partial charge is 0.371 e. The van der Waals surface area contributed by atoms with Crippen LogP contribution in [0, 0.1) is 0 Å². The third-order valence-corrected chi connectivity index (χ3v) is 3.67. The molecule has 1 saturated heterocycles. The summed E-state index contributed by atoms with van der Waals surface area (Å²) in [4.78, 5) is 2.45. The van der Waals surface area contributed by atoms with Gasteiger partial charge in [0.05, 0.1) is 0 Å². The molecular formula is C12H15BrClN. The third-order valence-electron chi connectivity index (χ3n) is 2.89. The van der Waals surface area contributed by atoms with Crippen molar-refractivity contribution in [1.82, 2.24) is 0 Å². The van der Waals surface area contributed by atoms with E-state index in [1.54, 1.807) is 0 Å². The molecule has 0 atom stereocenters. The van der Waals surface area contributed by atoms with Gasteiger partial charge in [-0.25, -0.2) is 0 Å². The Balaban J connectivity index is 2.27. The summed E-state index contributed by atoms with van der Waals surface area (Å²) in [7, 11) is 0. The monoisotopic (exact) mass is 287 g/mol. The maximum atomic E-state index is 5.96. The first-order chi connectivity index (χ1) is 7.31. The Morgan fingerprint density at radius 2 is 1.93 bits per heavy atom. The second kappa shape index (κ2) is 5.22. The zero-order chi connectivity index (χ0) is 10.7. The molecule has 1 nitrogen and oxygen atoms in total. The predicted octanol–water partition coefficient (Wildman–Crippen LogP) is 4.18. The summed E-state index contributed by atoms with van der Waals surface area (Å²) in [5.74, 6) is 0.596. The minimum Gasteiger partial charge on any atom is -0.371 e. The fourth-order valence-electron chi connectivity index (χ4n) is 2.08. The molecule has 0 radical (unpaired) electrons. The van der Waals surface area contributed by atoms with E-state index >= 15 is 0 Å². The molecule has 0 bridgehead atoms. The van der Waals surface area contributed by atoms with E-state index in [4.69, 9.17) is 11.6 Å². The van der Waals surface area contributed by atoms with Crippen LogP contribution in [-0.2, 0) is 5.88 Å². The average Bonchev–Trinajstić information content (AvgIpc) is 2.30. The second-order valence-electron chi connectivity index (χ2n) is 3.95. The molecule has 3 heteroatoms. The van der Waals surface area contributed by atoms with Gasteiger partial charge in [0.1, 0.15) is 0 Å². The van der Waals surface area contributed by atoms with Crippen molar-refractivity contribution in [2.75, 3.05) is 18.0 Å². The maximum absolute atomic E-state index is 5.96. The fraction of sp³-hybridized carbons (Fsp3) is 0.500. The van der Waals surface area contributed by atoms with E-state index in [0.717, 1.165) is 4.47 Å². The number of nitrogens with zero attached hydrogens (tertiary/aromatic N) is 1. The Morgan fingerprint density at radius 1 is 1.20 bits per heavy atom. The minimum atomic E-state index is 0.596. The summed E-state index contributed by atoms with van der Waals surface area (Å²) in [6, 6.07) is 6.36. The van der Waals surface area contributed by atoms with Crippen LogP contribution in [0.2, 0.25) is 0 Å². The van der Waals surface area contributed by atoms with Crippen molar-refractivity contribution in [1.29, 1.82) is 0 Å². The van der Waals surface area contributed by atoms with Gasteiger partial charge in [0, 0.05) is 29.1 Å². The molecule has 1 aliphatic rings. The molecule has 82 valence electrons. The van der Waals surface area contributed by atoms with Gasteiger partial charge in [-0.05, 0) is 37.0 Å². The van der Waals surface area contributed by atoms with Crippen molar-refractivity contribution in [3.05, 3.63) is 28.2 Å². The molecule has 0 spiro atoms. The lowest BCUT2D eigenvalue weighted by Crippen LogP contribution is -2.30. The minimum absolute atomic E-state index is 0.596. The Labute approximate surface area is 105 Å². The fourth-order valence-corrected chi connectivity index (χ4v) is 2.65. The zero-order valence-corrected chi connectivity index (χ0v) is 11.0. The number of benzene rings is 1. The van der Waals surface area contributed by atoms with Crippen LogP contribution in [0.1, 0.15) is 24.8 Å². The van der Waals surface area contributed by atoms with Crippen molar-refractivity contribution < 1.29 is 0 Å². The summed E-state index contributed by atoms with van der Waals surface area (Å²) in [6.07, 6.45) is 3.96. The number of alkyl halides is 1. The molecule has 0 saturated carbocycles. The molecule has 1 aromatic carbocycles. The lowest BCUT2D eigenvalue weighted by Gasteiger charge is -2.30. The van der Waals surface area contributed by atoms with Crippen LogP contribution in [0.15, 0.2) is 22.7 Å². The van der Waals surface area contributed by atoms with Crippen LogP contribution in [-0.4, -0.2) is 13.1 Å². The van der Waals surface area contributed by atoms with Gasteiger partial charge >= 0.3 is 0 Å². The topological polar surface area (TPSA) is 3.24 Å². The summed E-state index contributed by atoms with van der Waals surface area (Å²) in [5, 5.41) is 0. The molecule has 0 amide bonds. The zero-order valence-electron chi connectivity index (χ0n) is 8.68. The maximum Gasteiger partial charge on any atom is 0.0494 e. The highest BCUT2D eigenvalue weighted by Crippen LogP contribution is 2.28. The van der Waals surface area contributed by atoms with Gasteiger partial charge in [0.25, 0.3) is 0 Å². The highest BCUT2D eigenvalue weighted by atomic mass is 79.9. The van der Waals surface area contributed by atoms with Gasteiger partial charge in [0.2, 0.25) is 0 Å². The molecule has 1 aliphatic heterocycles. The van der Waals surface area contributed by atoms with Gasteiger partial charge < -0.3 is 4.90 Å². The lowest BCUT2D eigenvalue weighted by atomic mass is 10.1. The molecule has 2 rings (SSSR count). The Kier molecular flexibility index (Phi) is 3.92. The van der Waals surface area contributed by atoms with Gasteiger partial charge in [-0.1, -0.05) is 22.0 Å². The molecule has 0 unspecified atom stereocenters. The molecule has 0 aliphatic carbocycles. The molecule has 0 aromatic heterocycles. The standard InChI is InChI=1S/C12H15BrClN/c13-11-5-4-10(9-14)12(8-11)15-6-2-1-3-7-15/h4-5,8H,1-3,6-7,9H2. The van der Waals surface area contributed by atoms with Crippen LogP contribution < -0.4 is 4.90 Å². The van der Waals surface area contributed by atoms with Gasteiger partial charge in [-0.15, -0.1) is 11.6 Å². The molecule has 1 aromatic rings. The van der Waals surface area contributed by atoms with Crippen molar-refractivity contribution in [2.24, 2.45) is 0 Å². The molecule has 1 fully saturated rings. The number of hydrogen-bond donors (Lipinski definition) is 0. The number of anilines is 1. The summed E-state index contributed by atoms with van der Waals surface area (Å²) in [6.45, 7) is 2.33. The van der Waals surface area contributed by atoms with E-state index in [9.17, 15) is 0 Å². The van der Waals surface area contributed by atoms with Gasteiger partial charge in [0.15, 0.2) is 0 Å². The van der Waals surface area contributed by atoms with Crippen LogP contribution in [0.5, 0.6) is 0 Å². The highest BCUT2D eigenvalue weighted by molar-refractivity contribution is 9.10. The van der Waals surface area contributed by atoms with E-state index in [1.807, 2.05) is 0 Å². The number of piperidine rings is 1. The highest BCUT2D eigenvalue weighted by Gasteiger charge is 2.14. The van der Waals surface area contributed by atoms with Crippen molar-refractivity contribution >= 4 is 33.2 Å². The summed E-state index contributed by atoms with van der Waals surface area (Å²) < 4.78 is 1.14. The quantitative estimate of drug-likeness (QED) is 0.738. The first-order valence-electron chi connectivity index (χ1n) is 5.40. The number of rotatable bonds is 2. The molecular weight excluding hydrogens is 273 g/mol. The van der Waals surface area contributed by atoms with Crippen LogP contribution in [0.25, 0.3) is 0 Å². The van der Waals surface area contributed by atoms with Gasteiger partial charge in [-0.2, -0.15) is 0 Å². The van der Waals surface area contributed by atoms with E-state index in [2.05, 4.69) is 39.0 Å². The molecule has 0 N–H and O–H groups in total. The number of hydrogen-bond acceptors (Lipinski definition) is 1. The normalized spacial score (nSPS) is 16.8. The number of halogens is 2. The van der Waals surface area contributed by atoms with E-state index in [-0.39, 0.29) is 0 Å². The molecule has 15 heavy (non-hydrogen) atoms. The van der Waals surface area contributed by atoms with E-state index in [0.29, 0.717) is 5.88 Å². The smallest absolute Gasteiger partial charge is 0.0494 e. The predicted molar refractivity (Wildman–Crippen MR) is 69.8 cm³/mol. The first kappa shape index (κ1) is 11.3. The Morgan fingerprint density at radius 3 is 2.60 bits per heavy atom. The summed E-state index contributed by atoms with van der Waals surface area (Å²) >= 11 is 9.48. The SMILES string of the molecule is ClCc1ccc(Br)cc1N1CCCCC1. The third kappa shape index (κ3) is 2.67. The van der Waals surface area contributed by atoms with E-state index in [1.165, 1.54) is 43.6 Å². The first-order valence-corrected chi connectivity index (χ1v) is 6.73. The van der Waals surface area contributed by atoms with Crippen molar-refractivity contribution in [2.45, 2.75) is 25.1 Å². The van der Waals surface area contributed by atoms with Gasteiger partial charge in [-0.3, -0.25) is 0 Å². The van der Waals surface area contributed by atoms with Crippen molar-refractivity contribution in [3.8, 4) is 0 Å².